The Morgan fingerprint density at radius 2 is 2.09 bits per heavy atom. The minimum Gasteiger partial charge on any atom is -0.361 e. The van der Waals surface area contributed by atoms with Crippen LogP contribution in [-0.2, 0) is 16.6 Å². The number of aromatic nitrogens is 2. The van der Waals surface area contributed by atoms with Gasteiger partial charge in [-0.05, 0) is 18.1 Å². The van der Waals surface area contributed by atoms with Gasteiger partial charge in [0.1, 0.15) is 0 Å². The highest BCUT2D eigenvalue weighted by Crippen LogP contribution is 2.24. The number of rotatable bonds is 4. The van der Waals surface area contributed by atoms with E-state index in [0.717, 1.165) is 22.2 Å². The second kappa shape index (κ2) is 5.91. The number of benzene rings is 1. The van der Waals surface area contributed by atoms with E-state index in [-0.39, 0.29) is 11.3 Å². The normalized spacial score (nSPS) is 11.8. The zero-order valence-corrected chi connectivity index (χ0v) is 13.6. The Bertz CT molecular complexity index is 824. The first kappa shape index (κ1) is 15.3. The molecule has 2 heterocycles. The molecule has 0 saturated heterocycles. The van der Waals surface area contributed by atoms with E-state index in [1.165, 1.54) is 0 Å². The number of fused-ring (bicyclic) bond motifs is 1. The molecule has 5 nitrogen and oxygen atoms in total. The highest BCUT2D eigenvalue weighted by Gasteiger charge is 2.19. The lowest BCUT2D eigenvalue weighted by Crippen LogP contribution is -2.12. The Morgan fingerprint density at radius 1 is 1.30 bits per heavy atom. The fourth-order valence-electron chi connectivity index (χ4n) is 2.47. The van der Waals surface area contributed by atoms with E-state index in [0.29, 0.717) is 18.7 Å². The van der Waals surface area contributed by atoms with Crippen LogP contribution in [0, 0.1) is 0 Å². The quantitative estimate of drug-likeness (QED) is 0.764. The Hall–Kier alpha value is -2.56. The van der Waals surface area contributed by atoms with Gasteiger partial charge in [0.25, 0.3) is 0 Å². The van der Waals surface area contributed by atoms with Gasteiger partial charge in [0, 0.05) is 35.0 Å². The predicted octanol–water partition coefficient (Wildman–Crippen LogP) is 4.02. The van der Waals surface area contributed by atoms with Crippen LogP contribution in [0.1, 0.15) is 38.4 Å². The molecule has 0 aliphatic carbocycles. The van der Waals surface area contributed by atoms with Crippen molar-refractivity contribution < 1.29 is 9.32 Å². The highest BCUT2D eigenvalue weighted by atomic mass is 16.5. The summed E-state index contributed by atoms with van der Waals surface area (Å²) in [6, 6.07) is 9.87. The number of aromatic amines is 1. The minimum atomic E-state index is -0.101. The molecule has 0 radical (unpaired) electrons. The van der Waals surface area contributed by atoms with E-state index < -0.39 is 0 Å². The van der Waals surface area contributed by atoms with Crippen LogP contribution < -0.4 is 5.32 Å². The summed E-state index contributed by atoms with van der Waals surface area (Å²) in [5.41, 5.74) is 2.96. The molecule has 3 aromatic rings. The third kappa shape index (κ3) is 3.44. The smallest absolute Gasteiger partial charge is 0.231 e. The summed E-state index contributed by atoms with van der Waals surface area (Å²) >= 11 is 0. The van der Waals surface area contributed by atoms with Crippen molar-refractivity contribution in [3.8, 4) is 0 Å². The third-order valence-electron chi connectivity index (χ3n) is 3.84. The zero-order chi connectivity index (χ0) is 16.4. The molecule has 0 fully saturated rings. The lowest BCUT2D eigenvalue weighted by atomic mass is 9.92. The second-order valence-electron chi connectivity index (χ2n) is 6.73. The maximum atomic E-state index is 12.1. The molecule has 2 aromatic heterocycles. The molecule has 3 rings (SSSR count). The van der Waals surface area contributed by atoms with Crippen LogP contribution in [0.25, 0.3) is 10.9 Å². The fourth-order valence-corrected chi connectivity index (χ4v) is 2.47. The molecule has 23 heavy (non-hydrogen) atoms. The van der Waals surface area contributed by atoms with Gasteiger partial charge in [0.05, 0.1) is 5.69 Å². The number of para-hydroxylation sites is 1. The monoisotopic (exact) mass is 311 g/mol. The van der Waals surface area contributed by atoms with E-state index in [2.05, 4.69) is 21.5 Å². The van der Waals surface area contributed by atoms with Crippen LogP contribution in [-0.4, -0.2) is 16.0 Å². The molecule has 0 aliphatic heterocycles. The first-order valence-electron chi connectivity index (χ1n) is 7.75. The largest absolute Gasteiger partial charge is 0.361 e. The highest BCUT2D eigenvalue weighted by molar-refractivity contribution is 5.90. The van der Waals surface area contributed by atoms with Gasteiger partial charge in [0.15, 0.2) is 0 Å². The molecule has 0 bridgehead atoms. The molecule has 0 unspecified atom stereocenters. The standard InChI is InChI=1S/C18H21N3O2/c1-18(2,3)15-10-17(23-21-15)20-16(22)9-8-12-11-19-14-7-5-4-6-13(12)14/h4-7,10-11,19H,8-9H2,1-3H3,(H,20,22). The summed E-state index contributed by atoms with van der Waals surface area (Å²) in [7, 11) is 0. The Balaban J connectivity index is 1.60. The molecule has 1 amide bonds. The maximum Gasteiger partial charge on any atom is 0.231 e. The molecule has 0 atom stereocenters. The van der Waals surface area contributed by atoms with E-state index >= 15 is 0 Å². The summed E-state index contributed by atoms with van der Waals surface area (Å²) in [6.45, 7) is 6.15. The summed E-state index contributed by atoms with van der Waals surface area (Å²) in [4.78, 5) is 15.3. The number of amides is 1. The first-order chi connectivity index (χ1) is 10.9. The molecule has 0 spiro atoms. The topological polar surface area (TPSA) is 70.9 Å². The first-order valence-corrected chi connectivity index (χ1v) is 7.75. The SMILES string of the molecule is CC(C)(C)c1cc(NC(=O)CCc2c[nH]c3ccccc23)on1. The third-order valence-corrected chi connectivity index (χ3v) is 3.84. The number of hydrogen-bond acceptors (Lipinski definition) is 3. The van der Waals surface area contributed by atoms with Gasteiger partial charge in [-0.2, -0.15) is 0 Å². The van der Waals surface area contributed by atoms with Crippen molar-refractivity contribution >= 4 is 22.7 Å². The number of nitrogens with zero attached hydrogens (tertiary/aromatic N) is 1. The molecule has 1 aromatic carbocycles. The van der Waals surface area contributed by atoms with E-state index in [1.54, 1.807) is 6.07 Å². The molecule has 120 valence electrons. The van der Waals surface area contributed by atoms with Crippen molar-refractivity contribution in [2.24, 2.45) is 0 Å². The summed E-state index contributed by atoms with van der Waals surface area (Å²) in [5, 5.41) is 7.93. The Morgan fingerprint density at radius 3 is 2.83 bits per heavy atom. The van der Waals surface area contributed by atoms with Gasteiger partial charge in [0.2, 0.25) is 11.8 Å². The molecule has 2 N–H and O–H groups in total. The number of hydrogen-bond donors (Lipinski definition) is 2. The average Bonchev–Trinajstić information content (AvgIpc) is 3.11. The summed E-state index contributed by atoms with van der Waals surface area (Å²) in [6.07, 6.45) is 3.04. The van der Waals surface area contributed by atoms with Crippen LogP contribution in [0.3, 0.4) is 0 Å². The van der Waals surface area contributed by atoms with Gasteiger partial charge in [-0.3, -0.25) is 10.1 Å². The van der Waals surface area contributed by atoms with Gasteiger partial charge in [-0.15, -0.1) is 0 Å². The molecule has 0 aliphatic rings. The predicted molar refractivity (Wildman–Crippen MR) is 90.5 cm³/mol. The lowest BCUT2D eigenvalue weighted by Gasteiger charge is -2.12. The molecule has 5 heteroatoms. The molecular weight excluding hydrogens is 290 g/mol. The average molecular weight is 311 g/mol. The zero-order valence-electron chi connectivity index (χ0n) is 13.6. The summed E-state index contributed by atoms with van der Waals surface area (Å²) < 4.78 is 5.18. The van der Waals surface area contributed by atoms with Gasteiger partial charge >= 0.3 is 0 Å². The van der Waals surface area contributed by atoms with Crippen LogP contribution in [0.2, 0.25) is 0 Å². The van der Waals surface area contributed by atoms with Gasteiger partial charge in [-0.1, -0.05) is 44.1 Å². The van der Waals surface area contributed by atoms with Gasteiger partial charge < -0.3 is 9.51 Å². The van der Waals surface area contributed by atoms with E-state index in [4.69, 9.17) is 4.52 Å². The number of carbonyl (C=O) groups is 1. The van der Waals surface area contributed by atoms with E-state index in [1.807, 2.05) is 45.2 Å². The van der Waals surface area contributed by atoms with Crippen LogP contribution in [0.4, 0.5) is 5.88 Å². The van der Waals surface area contributed by atoms with Crippen molar-refractivity contribution in [1.82, 2.24) is 10.1 Å². The molecular formula is C18H21N3O2. The van der Waals surface area contributed by atoms with Crippen molar-refractivity contribution in [2.75, 3.05) is 5.32 Å². The second-order valence-corrected chi connectivity index (χ2v) is 6.73. The number of aryl methyl sites for hydroxylation is 1. The number of nitrogens with one attached hydrogen (secondary N) is 2. The van der Waals surface area contributed by atoms with Crippen molar-refractivity contribution in [2.45, 2.75) is 39.0 Å². The van der Waals surface area contributed by atoms with Crippen molar-refractivity contribution in [3.05, 3.63) is 47.8 Å². The maximum absolute atomic E-state index is 12.1. The summed E-state index contributed by atoms with van der Waals surface area (Å²) in [5.74, 6) is 0.325. The minimum absolute atomic E-state index is 0.0770. The van der Waals surface area contributed by atoms with Crippen LogP contribution in [0.15, 0.2) is 41.1 Å². The van der Waals surface area contributed by atoms with Crippen LogP contribution >= 0.6 is 0 Å². The number of anilines is 1. The van der Waals surface area contributed by atoms with E-state index in [9.17, 15) is 4.79 Å². The van der Waals surface area contributed by atoms with Crippen molar-refractivity contribution in [1.29, 1.82) is 0 Å². The van der Waals surface area contributed by atoms with Crippen LogP contribution in [0.5, 0.6) is 0 Å². The van der Waals surface area contributed by atoms with Crippen molar-refractivity contribution in [3.63, 3.8) is 0 Å². The molecule has 0 saturated carbocycles. The lowest BCUT2D eigenvalue weighted by molar-refractivity contribution is -0.116. The number of carbonyl (C=O) groups excluding carboxylic acids is 1. The Labute approximate surface area is 135 Å². The Kier molecular flexibility index (Phi) is 3.94. The van der Waals surface area contributed by atoms with Gasteiger partial charge in [-0.25, -0.2) is 0 Å². The number of H-pyrrole nitrogens is 1. The fraction of sp³-hybridized carbons (Fsp3) is 0.333.